The first-order valence-electron chi connectivity index (χ1n) is 9.70. The zero-order valence-electron chi connectivity index (χ0n) is 16.4. The Morgan fingerprint density at radius 2 is 2.00 bits per heavy atom. The Hall–Kier alpha value is -3.45. The third-order valence-corrected chi connectivity index (χ3v) is 5.72. The quantitative estimate of drug-likeness (QED) is 0.487. The van der Waals surface area contributed by atoms with Gasteiger partial charge in [0.15, 0.2) is 12.4 Å². The van der Waals surface area contributed by atoms with Gasteiger partial charge in [-0.3, -0.25) is 9.59 Å². The predicted octanol–water partition coefficient (Wildman–Crippen LogP) is 3.54. The maximum Gasteiger partial charge on any atom is 0.260 e. The number of hydrogen-bond acceptors (Lipinski definition) is 3. The first-order valence-corrected chi connectivity index (χ1v) is 10.1. The molecular formula is C23H19ClFN3O3. The highest BCUT2D eigenvalue weighted by atomic mass is 35.5. The first-order chi connectivity index (χ1) is 14.8. The molecule has 3 aromatic rings. The van der Waals surface area contributed by atoms with Gasteiger partial charge >= 0.3 is 0 Å². The third kappa shape index (κ3) is 4.09. The second kappa shape index (κ2) is 8.35. The van der Waals surface area contributed by atoms with E-state index in [1.54, 1.807) is 35.2 Å². The van der Waals surface area contributed by atoms with Crippen molar-refractivity contribution < 1.29 is 18.7 Å². The summed E-state index contributed by atoms with van der Waals surface area (Å²) < 4.78 is 15.0. The molecule has 0 spiro atoms. The van der Waals surface area contributed by atoms with Crippen LogP contribution in [0.1, 0.15) is 49.9 Å². The summed E-state index contributed by atoms with van der Waals surface area (Å²) in [4.78, 5) is 26.9. The number of rotatable bonds is 5. The zero-order chi connectivity index (χ0) is 22.1. The smallest absolute Gasteiger partial charge is 0.260 e. The lowest BCUT2D eigenvalue weighted by Crippen LogP contribution is -2.36. The van der Waals surface area contributed by atoms with E-state index in [0.29, 0.717) is 39.8 Å². The van der Waals surface area contributed by atoms with Crippen LogP contribution in [0.4, 0.5) is 4.39 Å². The highest BCUT2D eigenvalue weighted by Crippen LogP contribution is 2.40. The number of amides is 2. The number of nitrogens with two attached hydrogens (primary N) is 1. The van der Waals surface area contributed by atoms with Gasteiger partial charge in [-0.25, -0.2) is 4.39 Å². The van der Waals surface area contributed by atoms with E-state index in [0.717, 1.165) is 0 Å². The molecule has 1 atom stereocenters. The molecule has 0 fully saturated rings. The fraction of sp³-hybridized carbons (Fsp3) is 0.174. The van der Waals surface area contributed by atoms with Gasteiger partial charge in [0.25, 0.3) is 5.91 Å². The highest BCUT2D eigenvalue weighted by Gasteiger charge is 2.34. The van der Waals surface area contributed by atoms with Gasteiger partial charge in [-0.2, -0.15) is 4.73 Å². The average molecular weight is 440 g/mol. The number of primary amides is 1. The Morgan fingerprint density at radius 1 is 1.23 bits per heavy atom. The third-order valence-electron chi connectivity index (χ3n) is 5.50. The Balaban J connectivity index is 1.80. The van der Waals surface area contributed by atoms with Crippen LogP contribution in [0.2, 0.25) is 5.02 Å². The SMILES string of the molecule is NC(=O)c1ccccc1CN(C(=O)c1ccc[n+]([O-])c1)[C@@H]1CCc2c(F)cc(Cl)cc21. The Kier molecular flexibility index (Phi) is 5.61. The number of nitrogens with zero attached hydrogens (tertiary/aromatic N) is 2. The fourth-order valence-electron chi connectivity index (χ4n) is 4.10. The molecule has 2 amide bonds. The van der Waals surface area contributed by atoms with Crippen molar-refractivity contribution in [2.24, 2.45) is 5.73 Å². The summed E-state index contributed by atoms with van der Waals surface area (Å²) in [5, 5.41) is 12.0. The lowest BCUT2D eigenvalue weighted by Gasteiger charge is -2.30. The summed E-state index contributed by atoms with van der Waals surface area (Å²) in [6.45, 7) is 0.0595. The number of pyridine rings is 1. The molecule has 0 saturated carbocycles. The van der Waals surface area contributed by atoms with Crippen molar-refractivity contribution in [1.29, 1.82) is 0 Å². The molecule has 31 heavy (non-hydrogen) atoms. The van der Waals surface area contributed by atoms with Crippen LogP contribution in [0.15, 0.2) is 60.9 Å². The Labute approximate surface area is 183 Å². The molecule has 0 radical (unpaired) electrons. The van der Waals surface area contributed by atoms with E-state index >= 15 is 0 Å². The summed E-state index contributed by atoms with van der Waals surface area (Å²) >= 11 is 6.09. The summed E-state index contributed by atoms with van der Waals surface area (Å²) in [5.41, 5.74) is 7.69. The highest BCUT2D eigenvalue weighted by molar-refractivity contribution is 6.30. The number of aromatic nitrogens is 1. The number of benzene rings is 2. The molecule has 0 saturated heterocycles. The van der Waals surface area contributed by atoms with Gasteiger partial charge in [0.1, 0.15) is 11.4 Å². The van der Waals surface area contributed by atoms with Crippen LogP contribution in [0, 0.1) is 11.0 Å². The molecule has 2 N–H and O–H groups in total. The summed E-state index contributed by atoms with van der Waals surface area (Å²) in [6, 6.07) is 12.2. The minimum Gasteiger partial charge on any atom is -0.619 e. The monoisotopic (exact) mass is 439 g/mol. The van der Waals surface area contributed by atoms with Crippen molar-refractivity contribution in [1.82, 2.24) is 4.90 Å². The first kappa shape index (κ1) is 20.8. The molecule has 1 heterocycles. The van der Waals surface area contributed by atoms with Crippen molar-refractivity contribution >= 4 is 23.4 Å². The molecular weight excluding hydrogens is 421 g/mol. The topological polar surface area (TPSA) is 90.3 Å². The van der Waals surface area contributed by atoms with E-state index in [1.807, 2.05) is 0 Å². The Morgan fingerprint density at radius 3 is 2.74 bits per heavy atom. The predicted molar refractivity (Wildman–Crippen MR) is 113 cm³/mol. The molecule has 1 aliphatic carbocycles. The summed E-state index contributed by atoms with van der Waals surface area (Å²) in [7, 11) is 0. The van der Waals surface area contributed by atoms with Crippen LogP contribution in [-0.4, -0.2) is 16.7 Å². The van der Waals surface area contributed by atoms with Gasteiger partial charge in [-0.05, 0) is 53.8 Å². The lowest BCUT2D eigenvalue weighted by atomic mass is 10.0. The maximum atomic E-state index is 14.5. The molecule has 6 nitrogen and oxygen atoms in total. The van der Waals surface area contributed by atoms with Crippen molar-refractivity contribution in [2.75, 3.05) is 0 Å². The van der Waals surface area contributed by atoms with Gasteiger partial charge in [-0.15, -0.1) is 0 Å². The molecule has 8 heteroatoms. The molecule has 0 bridgehead atoms. The fourth-order valence-corrected chi connectivity index (χ4v) is 4.31. The number of carbonyl (C=O) groups excluding carboxylic acids is 2. The maximum absolute atomic E-state index is 14.5. The van der Waals surface area contributed by atoms with Gasteiger partial charge in [0.2, 0.25) is 5.91 Å². The second-order valence-electron chi connectivity index (χ2n) is 7.42. The molecule has 1 aromatic heterocycles. The minimum absolute atomic E-state index is 0.0595. The molecule has 0 unspecified atom stereocenters. The van der Waals surface area contributed by atoms with Crippen LogP contribution in [0.25, 0.3) is 0 Å². The number of hydrogen-bond donors (Lipinski definition) is 1. The van der Waals surface area contributed by atoms with E-state index in [-0.39, 0.29) is 17.1 Å². The van der Waals surface area contributed by atoms with Crippen LogP contribution in [0.3, 0.4) is 0 Å². The molecule has 1 aliphatic rings. The number of halogens is 2. The van der Waals surface area contributed by atoms with E-state index in [1.165, 1.54) is 30.6 Å². The molecule has 4 rings (SSSR count). The van der Waals surface area contributed by atoms with Gasteiger partial charge in [-0.1, -0.05) is 29.8 Å². The normalized spacial score (nSPS) is 14.8. The van der Waals surface area contributed by atoms with Gasteiger partial charge in [0.05, 0.1) is 6.04 Å². The van der Waals surface area contributed by atoms with Crippen molar-refractivity contribution in [2.45, 2.75) is 25.4 Å². The summed E-state index contributed by atoms with van der Waals surface area (Å²) in [6.07, 6.45) is 3.40. The van der Waals surface area contributed by atoms with Crippen molar-refractivity contribution in [3.05, 3.63) is 105 Å². The van der Waals surface area contributed by atoms with Gasteiger partial charge < -0.3 is 15.8 Å². The van der Waals surface area contributed by atoms with Crippen LogP contribution < -0.4 is 10.5 Å². The van der Waals surface area contributed by atoms with Crippen molar-refractivity contribution in [3.63, 3.8) is 0 Å². The zero-order valence-corrected chi connectivity index (χ0v) is 17.2. The minimum atomic E-state index is -0.610. The standard InChI is InChI=1S/C23H19ClFN3O3/c24-16-10-19-18(20(25)11-16)7-8-21(19)28(23(30)15-5-3-9-27(31)12-15)13-14-4-1-2-6-17(14)22(26)29/h1-6,9-12,21H,7-8,13H2,(H2,26,29)/t21-/m1/s1. The van der Waals surface area contributed by atoms with Crippen LogP contribution in [0.5, 0.6) is 0 Å². The van der Waals surface area contributed by atoms with Crippen molar-refractivity contribution in [3.8, 4) is 0 Å². The average Bonchev–Trinajstić information content (AvgIpc) is 3.15. The van der Waals surface area contributed by atoms with Gasteiger partial charge in [0, 0.05) is 23.2 Å². The number of fused-ring (bicyclic) bond motifs is 1. The van der Waals surface area contributed by atoms with Crippen LogP contribution >= 0.6 is 11.6 Å². The Bertz CT molecular complexity index is 1180. The van der Waals surface area contributed by atoms with E-state index < -0.39 is 23.7 Å². The lowest BCUT2D eigenvalue weighted by molar-refractivity contribution is -0.605. The summed E-state index contributed by atoms with van der Waals surface area (Å²) in [5.74, 6) is -1.43. The second-order valence-corrected chi connectivity index (χ2v) is 7.85. The van der Waals surface area contributed by atoms with E-state index in [2.05, 4.69) is 0 Å². The largest absolute Gasteiger partial charge is 0.619 e. The van der Waals surface area contributed by atoms with E-state index in [4.69, 9.17) is 17.3 Å². The number of carbonyl (C=O) groups is 2. The van der Waals surface area contributed by atoms with Crippen LogP contribution in [-0.2, 0) is 13.0 Å². The molecule has 2 aromatic carbocycles. The molecule has 158 valence electrons. The van der Waals surface area contributed by atoms with E-state index in [9.17, 15) is 19.2 Å². The molecule has 0 aliphatic heterocycles.